The van der Waals surface area contributed by atoms with Crippen molar-refractivity contribution in [1.29, 1.82) is 0 Å². The Morgan fingerprint density at radius 2 is 2.00 bits per heavy atom. The lowest BCUT2D eigenvalue weighted by Gasteiger charge is -2.25. The summed E-state index contributed by atoms with van der Waals surface area (Å²) < 4.78 is 2.00. The van der Waals surface area contributed by atoms with Gasteiger partial charge in [-0.2, -0.15) is 5.10 Å². The quantitative estimate of drug-likeness (QED) is 0.797. The maximum atomic E-state index is 4.75. The summed E-state index contributed by atoms with van der Waals surface area (Å²) in [5.41, 5.74) is 2.45. The Kier molecular flexibility index (Phi) is 5.80. The van der Waals surface area contributed by atoms with Crippen LogP contribution in [0.3, 0.4) is 0 Å². The molecule has 3 nitrogen and oxygen atoms in total. The van der Waals surface area contributed by atoms with Gasteiger partial charge in [0.15, 0.2) is 0 Å². The number of aryl methyl sites for hydroxylation is 1. The Bertz CT molecular complexity index is 559. The second-order valence-corrected chi connectivity index (χ2v) is 6.00. The highest BCUT2D eigenvalue weighted by Crippen LogP contribution is 2.23. The molecule has 0 saturated carbocycles. The van der Waals surface area contributed by atoms with Crippen LogP contribution >= 0.6 is 0 Å². The number of nitrogens with zero attached hydrogens (tertiary/aromatic N) is 2. The number of benzene rings is 1. The van der Waals surface area contributed by atoms with Crippen molar-refractivity contribution in [3.05, 3.63) is 30.0 Å². The summed E-state index contributed by atoms with van der Waals surface area (Å²) in [6, 6.07) is 9.04. The van der Waals surface area contributed by atoms with E-state index in [-0.39, 0.29) is 0 Å². The number of hydrogen-bond donors (Lipinski definition) is 1. The lowest BCUT2D eigenvalue weighted by atomic mass is 9.88. The van der Waals surface area contributed by atoms with E-state index in [2.05, 4.69) is 50.5 Å². The molecule has 0 aliphatic rings. The Hall–Kier alpha value is -1.35. The average molecular weight is 287 g/mol. The highest BCUT2D eigenvalue weighted by molar-refractivity contribution is 5.81. The molecule has 0 bridgehead atoms. The highest BCUT2D eigenvalue weighted by atomic mass is 15.3. The van der Waals surface area contributed by atoms with Gasteiger partial charge >= 0.3 is 0 Å². The SMILES string of the molecule is CCCCC(CC)C(Cc1nn(C)c2ccccc12)NC. The molecule has 3 heteroatoms. The van der Waals surface area contributed by atoms with Crippen molar-refractivity contribution in [2.45, 2.75) is 52.0 Å². The first kappa shape index (κ1) is 16.0. The molecule has 1 aromatic carbocycles. The van der Waals surface area contributed by atoms with E-state index >= 15 is 0 Å². The molecule has 2 rings (SSSR count). The molecule has 2 aromatic rings. The summed E-state index contributed by atoms with van der Waals surface area (Å²) in [4.78, 5) is 0. The molecule has 1 N–H and O–H groups in total. The van der Waals surface area contributed by atoms with Crippen LogP contribution in [0, 0.1) is 5.92 Å². The van der Waals surface area contributed by atoms with E-state index in [1.54, 1.807) is 0 Å². The van der Waals surface area contributed by atoms with Crippen LogP contribution in [-0.2, 0) is 13.5 Å². The predicted octanol–water partition coefficient (Wildman–Crippen LogP) is 3.92. The van der Waals surface area contributed by atoms with Gasteiger partial charge in [0.1, 0.15) is 0 Å². The first-order valence-electron chi connectivity index (χ1n) is 8.29. The van der Waals surface area contributed by atoms with Crippen LogP contribution < -0.4 is 5.32 Å². The number of fused-ring (bicyclic) bond motifs is 1. The number of nitrogens with one attached hydrogen (secondary N) is 1. The van der Waals surface area contributed by atoms with E-state index in [0.29, 0.717) is 6.04 Å². The van der Waals surface area contributed by atoms with Crippen molar-refractivity contribution in [3.63, 3.8) is 0 Å². The number of rotatable bonds is 8. The van der Waals surface area contributed by atoms with Gasteiger partial charge in [-0.05, 0) is 25.5 Å². The second kappa shape index (κ2) is 7.60. The fraction of sp³-hybridized carbons (Fsp3) is 0.611. The average Bonchev–Trinajstić information content (AvgIpc) is 2.83. The molecule has 2 unspecified atom stereocenters. The van der Waals surface area contributed by atoms with Gasteiger partial charge in [0, 0.05) is 24.9 Å². The summed E-state index contributed by atoms with van der Waals surface area (Å²) in [6.07, 6.45) is 6.15. The first-order chi connectivity index (χ1) is 10.2. The van der Waals surface area contributed by atoms with Crippen LogP contribution in [0.15, 0.2) is 24.3 Å². The van der Waals surface area contributed by atoms with Crippen LogP contribution in [-0.4, -0.2) is 22.9 Å². The molecule has 0 radical (unpaired) electrons. The number of likely N-dealkylation sites (N-methyl/N-ethyl adjacent to an activating group) is 1. The van der Waals surface area contributed by atoms with Gasteiger partial charge < -0.3 is 5.32 Å². The zero-order valence-electron chi connectivity index (χ0n) is 13.9. The number of hydrogen-bond acceptors (Lipinski definition) is 2. The van der Waals surface area contributed by atoms with Gasteiger partial charge in [0.05, 0.1) is 11.2 Å². The van der Waals surface area contributed by atoms with Crippen LogP contribution in [0.4, 0.5) is 0 Å². The minimum Gasteiger partial charge on any atom is -0.316 e. The van der Waals surface area contributed by atoms with E-state index in [1.807, 2.05) is 11.7 Å². The van der Waals surface area contributed by atoms with Gasteiger partial charge in [-0.25, -0.2) is 0 Å². The number of para-hydroxylation sites is 1. The Balaban J connectivity index is 2.20. The molecule has 116 valence electrons. The van der Waals surface area contributed by atoms with Crippen LogP contribution in [0.1, 0.15) is 45.2 Å². The molecular weight excluding hydrogens is 258 g/mol. The van der Waals surface area contributed by atoms with Gasteiger partial charge in [-0.3, -0.25) is 4.68 Å². The first-order valence-corrected chi connectivity index (χ1v) is 8.29. The third-order valence-electron chi connectivity index (χ3n) is 4.64. The second-order valence-electron chi connectivity index (χ2n) is 6.00. The van der Waals surface area contributed by atoms with Crippen molar-refractivity contribution in [1.82, 2.24) is 15.1 Å². The van der Waals surface area contributed by atoms with Crippen LogP contribution in [0.2, 0.25) is 0 Å². The smallest absolute Gasteiger partial charge is 0.0718 e. The predicted molar refractivity (Wildman–Crippen MR) is 90.6 cm³/mol. The third kappa shape index (κ3) is 3.65. The van der Waals surface area contributed by atoms with Crippen molar-refractivity contribution >= 4 is 10.9 Å². The molecule has 0 saturated heterocycles. The molecule has 2 atom stereocenters. The maximum Gasteiger partial charge on any atom is 0.0718 e. The normalized spacial score (nSPS) is 14.5. The molecule has 0 aliphatic heterocycles. The summed E-state index contributed by atoms with van der Waals surface area (Å²) in [5.74, 6) is 0.732. The molecular formula is C18H29N3. The van der Waals surface area contributed by atoms with E-state index in [9.17, 15) is 0 Å². The van der Waals surface area contributed by atoms with E-state index in [4.69, 9.17) is 5.10 Å². The lowest BCUT2D eigenvalue weighted by Crippen LogP contribution is -2.35. The van der Waals surface area contributed by atoms with Crippen molar-refractivity contribution in [2.24, 2.45) is 13.0 Å². The molecule has 0 fully saturated rings. The largest absolute Gasteiger partial charge is 0.316 e. The Morgan fingerprint density at radius 1 is 1.24 bits per heavy atom. The molecule has 0 spiro atoms. The molecule has 0 amide bonds. The minimum absolute atomic E-state index is 0.514. The lowest BCUT2D eigenvalue weighted by molar-refractivity contribution is 0.328. The zero-order chi connectivity index (χ0) is 15.2. The summed E-state index contributed by atoms with van der Waals surface area (Å²) >= 11 is 0. The summed E-state index contributed by atoms with van der Waals surface area (Å²) in [6.45, 7) is 4.58. The van der Waals surface area contributed by atoms with Crippen molar-refractivity contribution in [2.75, 3.05) is 7.05 Å². The van der Waals surface area contributed by atoms with Gasteiger partial charge in [0.2, 0.25) is 0 Å². The maximum absolute atomic E-state index is 4.75. The Morgan fingerprint density at radius 3 is 2.67 bits per heavy atom. The fourth-order valence-electron chi connectivity index (χ4n) is 3.31. The van der Waals surface area contributed by atoms with Gasteiger partial charge in [-0.1, -0.05) is 51.3 Å². The van der Waals surface area contributed by atoms with Crippen LogP contribution in [0.5, 0.6) is 0 Å². The van der Waals surface area contributed by atoms with Crippen molar-refractivity contribution < 1.29 is 0 Å². The van der Waals surface area contributed by atoms with E-state index in [1.165, 1.54) is 42.3 Å². The summed E-state index contributed by atoms with van der Waals surface area (Å²) in [7, 11) is 4.12. The van der Waals surface area contributed by atoms with Crippen molar-refractivity contribution in [3.8, 4) is 0 Å². The topological polar surface area (TPSA) is 29.9 Å². The standard InChI is InChI=1S/C18H29N3/c1-5-7-10-14(6-2)16(19-3)13-17-15-11-8-9-12-18(15)21(4)20-17/h8-9,11-12,14,16,19H,5-7,10,13H2,1-4H3. The van der Waals surface area contributed by atoms with E-state index < -0.39 is 0 Å². The monoisotopic (exact) mass is 287 g/mol. The molecule has 21 heavy (non-hydrogen) atoms. The van der Waals surface area contributed by atoms with Crippen LogP contribution in [0.25, 0.3) is 10.9 Å². The highest BCUT2D eigenvalue weighted by Gasteiger charge is 2.21. The minimum atomic E-state index is 0.514. The third-order valence-corrected chi connectivity index (χ3v) is 4.64. The summed E-state index contributed by atoms with van der Waals surface area (Å²) in [5, 5.41) is 9.58. The van der Waals surface area contributed by atoms with E-state index in [0.717, 1.165) is 12.3 Å². The fourth-order valence-corrected chi connectivity index (χ4v) is 3.31. The number of aromatic nitrogens is 2. The molecule has 1 heterocycles. The Labute approximate surface area is 128 Å². The zero-order valence-corrected chi connectivity index (χ0v) is 13.9. The molecule has 1 aromatic heterocycles. The number of unbranched alkanes of at least 4 members (excludes halogenated alkanes) is 1. The van der Waals surface area contributed by atoms with Gasteiger partial charge in [0.25, 0.3) is 0 Å². The molecule has 0 aliphatic carbocycles. The van der Waals surface area contributed by atoms with Gasteiger partial charge in [-0.15, -0.1) is 0 Å².